The van der Waals surface area contributed by atoms with Gasteiger partial charge >= 0.3 is 0 Å². The summed E-state index contributed by atoms with van der Waals surface area (Å²) >= 11 is 0. The van der Waals surface area contributed by atoms with Crippen molar-refractivity contribution in [3.63, 3.8) is 0 Å². The Bertz CT molecular complexity index is 1220. The van der Waals surface area contributed by atoms with E-state index in [4.69, 9.17) is 13.9 Å². The standard InChI is InChI=1S/C26H25NO6/c1-4-32-20-10-6-8-18(14-20)24(28)22-23(21-12-11-16(2)33-21)27(26(30)25(22)29)15-17-7-5-9-19(13-17)31-3/h5-14,23,28H,4,15H2,1-3H3/b24-22-. The van der Waals surface area contributed by atoms with E-state index in [2.05, 4.69) is 0 Å². The van der Waals surface area contributed by atoms with Gasteiger partial charge in [-0.05, 0) is 55.8 Å². The molecule has 1 saturated heterocycles. The molecule has 1 aliphatic heterocycles. The Kier molecular flexibility index (Phi) is 6.22. The van der Waals surface area contributed by atoms with Gasteiger partial charge in [-0.3, -0.25) is 9.59 Å². The molecule has 0 bridgehead atoms. The molecular formula is C26H25NO6. The number of aliphatic hydroxyl groups is 1. The fourth-order valence-corrected chi connectivity index (χ4v) is 3.96. The predicted octanol–water partition coefficient (Wildman–Crippen LogP) is 4.62. The van der Waals surface area contributed by atoms with Gasteiger partial charge in [0, 0.05) is 12.1 Å². The minimum Gasteiger partial charge on any atom is -0.507 e. The average Bonchev–Trinajstić information content (AvgIpc) is 3.35. The van der Waals surface area contributed by atoms with E-state index in [1.54, 1.807) is 62.6 Å². The van der Waals surface area contributed by atoms with Gasteiger partial charge in [-0.15, -0.1) is 0 Å². The Morgan fingerprint density at radius 2 is 1.82 bits per heavy atom. The van der Waals surface area contributed by atoms with E-state index in [9.17, 15) is 14.7 Å². The van der Waals surface area contributed by atoms with Crippen LogP contribution < -0.4 is 9.47 Å². The van der Waals surface area contributed by atoms with Crippen molar-refractivity contribution in [2.75, 3.05) is 13.7 Å². The number of nitrogens with zero attached hydrogens (tertiary/aromatic N) is 1. The summed E-state index contributed by atoms with van der Waals surface area (Å²) in [6, 6.07) is 16.6. The maximum absolute atomic E-state index is 13.1. The van der Waals surface area contributed by atoms with E-state index in [0.717, 1.165) is 5.56 Å². The van der Waals surface area contributed by atoms with Gasteiger partial charge in [0.15, 0.2) is 0 Å². The molecule has 1 N–H and O–H groups in total. The van der Waals surface area contributed by atoms with Gasteiger partial charge in [0.25, 0.3) is 11.7 Å². The number of hydrogen-bond donors (Lipinski definition) is 1. The molecule has 0 saturated carbocycles. The van der Waals surface area contributed by atoms with Crippen LogP contribution in [0.15, 0.2) is 70.7 Å². The topological polar surface area (TPSA) is 89.2 Å². The molecule has 170 valence electrons. The lowest BCUT2D eigenvalue weighted by molar-refractivity contribution is -0.140. The van der Waals surface area contributed by atoms with Gasteiger partial charge in [-0.25, -0.2) is 0 Å². The van der Waals surface area contributed by atoms with Crippen LogP contribution in [-0.2, 0) is 16.1 Å². The van der Waals surface area contributed by atoms with Crippen LogP contribution in [0.5, 0.6) is 11.5 Å². The van der Waals surface area contributed by atoms with E-state index < -0.39 is 17.7 Å². The Labute approximate surface area is 191 Å². The second kappa shape index (κ2) is 9.24. The van der Waals surface area contributed by atoms with Crippen LogP contribution in [0.25, 0.3) is 5.76 Å². The quantitative estimate of drug-likeness (QED) is 0.323. The first-order valence-corrected chi connectivity index (χ1v) is 10.6. The minimum atomic E-state index is -0.874. The molecule has 2 heterocycles. The number of methoxy groups -OCH3 is 1. The van der Waals surface area contributed by atoms with Crippen molar-refractivity contribution in [3.8, 4) is 11.5 Å². The number of amides is 1. The van der Waals surface area contributed by atoms with Crippen molar-refractivity contribution >= 4 is 17.4 Å². The Hall–Kier alpha value is -4.00. The number of ketones is 1. The summed E-state index contributed by atoms with van der Waals surface area (Å²) < 4.78 is 16.6. The highest BCUT2D eigenvalue weighted by Crippen LogP contribution is 2.41. The fraction of sp³-hybridized carbons (Fsp3) is 0.231. The smallest absolute Gasteiger partial charge is 0.296 e. The number of likely N-dealkylation sites (tertiary alicyclic amines) is 1. The highest BCUT2D eigenvalue weighted by molar-refractivity contribution is 6.46. The van der Waals surface area contributed by atoms with Gasteiger partial charge in [-0.1, -0.05) is 24.3 Å². The van der Waals surface area contributed by atoms with Crippen LogP contribution in [-0.4, -0.2) is 35.4 Å². The second-order valence-electron chi connectivity index (χ2n) is 7.69. The molecule has 1 aromatic heterocycles. The molecule has 7 nitrogen and oxygen atoms in total. The molecule has 1 amide bonds. The van der Waals surface area contributed by atoms with E-state index in [1.165, 1.54) is 4.90 Å². The lowest BCUT2D eigenvalue weighted by Gasteiger charge is -2.23. The number of aryl methyl sites for hydroxylation is 1. The van der Waals surface area contributed by atoms with Crippen LogP contribution in [0.1, 0.15) is 35.6 Å². The number of furan rings is 1. The average molecular weight is 447 g/mol. The van der Waals surface area contributed by atoms with Crippen molar-refractivity contribution in [2.24, 2.45) is 0 Å². The van der Waals surface area contributed by atoms with Gasteiger partial charge in [0.2, 0.25) is 0 Å². The maximum atomic E-state index is 13.1. The molecule has 3 aromatic rings. The third kappa shape index (κ3) is 4.35. The number of benzene rings is 2. The largest absolute Gasteiger partial charge is 0.507 e. The maximum Gasteiger partial charge on any atom is 0.296 e. The number of carbonyl (C=O) groups is 2. The van der Waals surface area contributed by atoms with Crippen LogP contribution in [0, 0.1) is 6.92 Å². The van der Waals surface area contributed by atoms with Crippen molar-refractivity contribution in [2.45, 2.75) is 26.4 Å². The number of ether oxygens (including phenoxy) is 2. The molecular weight excluding hydrogens is 422 g/mol. The molecule has 1 aliphatic rings. The van der Waals surface area contributed by atoms with Gasteiger partial charge < -0.3 is 23.9 Å². The van der Waals surface area contributed by atoms with Crippen molar-refractivity contribution in [3.05, 3.63) is 88.9 Å². The fourth-order valence-electron chi connectivity index (χ4n) is 3.96. The molecule has 4 rings (SSSR count). The number of rotatable bonds is 7. The minimum absolute atomic E-state index is 0.0223. The second-order valence-corrected chi connectivity index (χ2v) is 7.69. The molecule has 2 aromatic carbocycles. The van der Waals surface area contributed by atoms with E-state index in [0.29, 0.717) is 35.2 Å². The highest BCUT2D eigenvalue weighted by atomic mass is 16.5. The molecule has 33 heavy (non-hydrogen) atoms. The van der Waals surface area contributed by atoms with Crippen LogP contribution in [0.3, 0.4) is 0 Å². The Balaban J connectivity index is 1.82. The van der Waals surface area contributed by atoms with Crippen LogP contribution >= 0.6 is 0 Å². The summed E-state index contributed by atoms with van der Waals surface area (Å²) in [5, 5.41) is 11.2. The molecule has 0 aliphatic carbocycles. The van der Waals surface area contributed by atoms with Gasteiger partial charge in [-0.2, -0.15) is 0 Å². The van der Waals surface area contributed by atoms with Crippen molar-refractivity contribution in [1.82, 2.24) is 4.90 Å². The predicted molar refractivity (Wildman–Crippen MR) is 122 cm³/mol. The van der Waals surface area contributed by atoms with Crippen molar-refractivity contribution in [1.29, 1.82) is 0 Å². The molecule has 1 unspecified atom stereocenters. The van der Waals surface area contributed by atoms with E-state index in [-0.39, 0.29) is 17.9 Å². The first kappa shape index (κ1) is 22.2. The zero-order valence-electron chi connectivity index (χ0n) is 18.7. The summed E-state index contributed by atoms with van der Waals surface area (Å²) in [6.45, 7) is 4.24. The summed E-state index contributed by atoms with van der Waals surface area (Å²) in [7, 11) is 1.56. The summed E-state index contributed by atoms with van der Waals surface area (Å²) in [5.41, 5.74) is 1.14. The zero-order chi connectivity index (χ0) is 23.5. The number of hydrogen-bond acceptors (Lipinski definition) is 6. The third-order valence-electron chi connectivity index (χ3n) is 5.48. The number of Topliss-reactive ketones (excluding diaryl/α,β-unsaturated/α-hetero) is 1. The molecule has 1 fully saturated rings. The number of aliphatic hydroxyl groups excluding tert-OH is 1. The van der Waals surface area contributed by atoms with Gasteiger partial charge in [0.1, 0.15) is 34.8 Å². The Morgan fingerprint density at radius 1 is 1.06 bits per heavy atom. The number of carbonyl (C=O) groups excluding carboxylic acids is 2. The van der Waals surface area contributed by atoms with Crippen molar-refractivity contribution < 1.29 is 28.6 Å². The SMILES string of the molecule is CCOc1cccc(/C(O)=C2/C(=O)C(=O)N(Cc3cccc(OC)c3)C2c2ccc(C)o2)c1. The Morgan fingerprint density at radius 3 is 2.52 bits per heavy atom. The summed E-state index contributed by atoms with van der Waals surface area (Å²) in [5.74, 6) is 0.477. The molecule has 7 heteroatoms. The van der Waals surface area contributed by atoms with E-state index in [1.807, 2.05) is 19.1 Å². The monoisotopic (exact) mass is 447 g/mol. The molecule has 0 radical (unpaired) electrons. The summed E-state index contributed by atoms with van der Waals surface area (Å²) in [4.78, 5) is 27.7. The van der Waals surface area contributed by atoms with Crippen LogP contribution in [0.4, 0.5) is 0 Å². The van der Waals surface area contributed by atoms with Gasteiger partial charge in [0.05, 0.1) is 19.3 Å². The van der Waals surface area contributed by atoms with E-state index >= 15 is 0 Å². The first-order valence-electron chi connectivity index (χ1n) is 10.6. The molecule has 1 atom stereocenters. The summed E-state index contributed by atoms with van der Waals surface area (Å²) in [6.07, 6.45) is 0. The third-order valence-corrected chi connectivity index (χ3v) is 5.48. The first-order chi connectivity index (χ1) is 15.9. The lowest BCUT2D eigenvalue weighted by atomic mass is 9.99. The normalized spacial score (nSPS) is 17.4. The highest BCUT2D eigenvalue weighted by Gasteiger charge is 2.47. The van der Waals surface area contributed by atoms with Crippen LogP contribution in [0.2, 0.25) is 0 Å². The lowest BCUT2D eigenvalue weighted by Crippen LogP contribution is -2.29. The zero-order valence-corrected chi connectivity index (χ0v) is 18.7. The molecule has 0 spiro atoms.